The number of alkyl carbamates (subject to hydrolysis) is 1. The quantitative estimate of drug-likeness (QED) is 0.312. The van der Waals surface area contributed by atoms with Crippen LogP contribution in [0, 0.1) is 0 Å². The van der Waals surface area contributed by atoms with Crippen LogP contribution in [-0.2, 0) is 26.8 Å². The Balaban J connectivity index is 1.75. The van der Waals surface area contributed by atoms with E-state index in [1.54, 1.807) is 40.7 Å². The minimum absolute atomic E-state index is 0.0431. The number of benzene rings is 2. The molecule has 1 heterocycles. The Bertz CT molecular complexity index is 1150. The first-order valence-corrected chi connectivity index (χ1v) is 13.4. The van der Waals surface area contributed by atoms with Crippen molar-refractivity contribution in [2.45, 2.75) is 70.6 Å². The number of carbonyl (C=O) groups is 1. The molecule has 1 aliphatic rings. The summed E-state index contributed by atoms with van der Waals surface area (Å²) in [7, 11) is 0. The number of halogens is 4. The number of alkyl halides is 3. The number of ether oxygens (including phenoxy) is 4. The number of hydrogen-bond donors (Lipinski definition) is 1. The van der Waals surface area contributed by atoms with Gasteiger partial charge in [-0.15, -0.1) is 0 Å². The normalized spacial score (nSPS) is 17.2. The first-order valence-electron chi connectivity index (χ1n) is 12.6. The lowest BCUT2D eigenvalue weighted by molar-refractivity contribution is -0.263. The predicted molar refractivity (Wildman–Crippen MR) is 147 cm³/mol. The lowest BCUT2D eigenvalue weighted by Crippen LogP contribution is -2.60. The second-order valence-electron chi connectivity index (χ2n) is 10.9. The van der Waals surface area contributed by atoms with Crippen LogP contribution < -0.4 is 10.1 Å². The van der Waals surface area contributed by atoms with E-state index in [0.717, 1.165) is 16.1 Å². The van der Waals surface area contributed by atoms with Crippen molar-refractivity contribution < 1.29 is 36.9 Å². The molecule has 2 aromatic carbocycles. The molecule has 1 saturated heterocycles. The van der Waals surface area contributed by atoms with Gasteiger partial charge in [-0.3, -0.25) is 0 Å². The fraction of sp³-hybridized carbons (Fsp3) is 0.483. The maximum atomic E-state index is 13.9. The summed E-state index contributed by atoms with van der Waals surface area (Å²) in [5.74, 6) is -1.10. The Morgan fingerprint density at radius 3 is 2.31 bits per heavy atom. The van der Waals surface area contributed by atoms with E-state index in [0.29, 0.717) is 12.8 Å². The number of hydrogen-bond acceptors (Lipinski definition) is 5. The standard InChI is InChI=1S/C29H35BrF3NO5/c1-26(2,3)39-25(35)34-28(18-37-27(4,5)38-19-28)15-14-21-10-13-24(23(17-21)29(31,32)33)36-16-6-7-20-8-11-22(30)12-9-20/h8-15,17H,6-7,16,18-19H2,1-5H3,(H,34,35). The number of nitrogens with one attached hydrogen (secondary N) is 1. The van der Waals surface area contributed by atoms with Crippen molar-refractivity contribution in [3.63, 3.8) is 0 Å². The molecule has 1 aliphatic heterocycles. The molecule has 1 N–H and O–H groups in total. The molecule has 2 aromatic rings. The molecule has 39 heavy (non-hydrogen) atoms. The molecule has 0 aliphatic carbocycles. The van der Waals surface area contributed by atoms with Crippen molar-refractivity contribution in [3.05, 3.63) is 69.7 Å². The zero-order valence-electron chi connectivity index (χ0n) is 22.8. The van der Waals surface area contributed by atoms with E-state index >= 15 is 0 Å². The molecular weight excluding hydrogens is 579 g/mol. The highest BCUT2D eigenvalue weighted by atomic mass is 79.9. The van der Waals surface area contributed by atoms with Crippen LogP contribution in [0.5, 0.6) is 5.75 Å². The number of aryl methyl sites for hydroxylation is 1. The van der Waals surface area contributed by atoms with Gasteiger partial charge in [0.15, 0.2) is 5.79 Å². The molecule has 0 saturated carbocycles. The molecule has 0 radical (unpaired) electrons. The largest absolute Gasteiger partial charge is 0.493 e. The van der Waals surface area contributed by atoms with Gasteiger partial charge in [-0.05, 0) is 82.9 Å². The molecule has 3 rings (SSSR count). The average molecular weight is 614 g/mol. The van der Waals surface area contributed by atoms with Gasteiger partial charge in [-0.1, -0.05) is 46.3 Å². The molecule has 0 spiro atoms. The highest BCUT2D eigenvalue weighted by molar-refractivity contribution is 9.10. The third-order valence-corrected chi connectivity index (χ3v) is 6.32. The number of carbonyl (C=O) groups excluding carboxylic acids is 1. The van der Waals surface area contributed by atoms with Crippen LogP contribution in [0.15, 0.2) is 53.0 Å². The van der Waals surface area contributed by atoms with Crippen molar-refractivity contribution in [1.29, 1.82) is 0 Å². The fourth-order valence-corrected chi connectivity index (χ4v) is 4.03. The monoisotopic (exact) mass is 613 g/mol. The summed E-state index contributed by atoms with van der Waals surface area (Å²) >= 11 is 3.38. The highest BCUT2D eigenvalue weighted by Crippen LogP contribution is 2.37. The van der Waals surface area contributed by atoms with Gasteiger partial charge in [0, 0.05) is 4.47 Å². The van der Waals surface area contributed by atoms with Gasteiger partial charge in [0.05, 0.1) is 25.4 Å². The van der Waals surface area contributed by atoms with Crippen molar-refractivity contribution in [1.82, 2.24) is 5.32 Å². The van der Waals surface area contributed by atoms with Crippen LogP contribution in [0.2, 0.25) is 0 Å². The van der Waals surface area contributed by atoms with Crippen LogP contribution in [0.4, 0.5) is 18.0 Å². The second-order valence-corrected chi connectivity index (χ2v) is 11.8. The minimum atomic E-state index is -4.61. The zero-order valence-corrected chi connectivity index (χ0v) is 24.4. The lowest BCUT2D eigenvalue weighted by atomic mass is 9.97. The van der Waals surface area contributed by atoms with Crippen LogP contribution in [0.25, 0.3) is 6.08 Å². The van der Waals surface area contributed by atoms with Gasteiger partial charge in [-0.2, -0.15) is 13.2 Å². The molecule has 0 aromatic heterocycles. The van der Waals surface area contributed by atoms with E-state index < -0.39 is 34.8 Å². The fourth-order valence-electron chi connectivity index (χ4n) is 3.77. The molecule has 1 amide bonds. The van der Waals surface area contributed by atoms with Crippen molar-refractivity contribution in [2.75, 3.05) is 19.8 Å². The Morgan fingerprint density at radius 2 is 1.72 bits per heavy atom. The summed E-state index contributed by atoms with van der Waals surface area (Å²) in [5.41, 5.74) is -1.40. The lowest BCUT2D eigenvalue weighted by Gasteiger charge is -2.42. The minimum Gasteiger partial charge on any atom is -0.493 e. The van der Waals surface area contributed by atoms with E-state index in [9.17, 15) is 18.0 Å². The maximum absolute atomic E-state index is 13.9. The van der Waals surface area contributed by atoms with E-state index in [4.69, 9.17) is 18.9 Å². The van der Waals surface area contributed by atoms with Crippen molar-refractivity contribution in [2.24, 2.45) is 0 Å². The molecule has 10 heteroatoms. The van der Waals surface area contributed by atoms with Crippen LogP contribution in [-0.4, -0.2) is 42.8 Å². The van der Waals surface area contributed by atoms with Crippen LogP contribution >= 0.6 is 15.9 Å². The van der Waals surface area contributed by atoms with E-state index in [-0.39, 0.29) is 31.1 Å². The third kappa shape index (κ3) is 9.85. The summed E-state index contributed by atoms with van der Waals surface area (Å²) in [6.07, 6.45) is -0.992. The molecule has 0 bridgehead atoms. The first kappa shape index (κ1) is 31.0. The topological polar surface area (TPSA) is 66.0 Å². The summed E-state index contributed by atoms with van der Waals surface area (Å²) in [6.45, 7) is 8.90. The summed E-state index contributed by atoms with van der Waals surface area (Å²) in [5, 5.41) is 2.76. The van der Waals surface area contributed by atoms with Gasteiger partial charge < -0.3 is 24.3 Å². The summed E-state index contributed by atoms with van der Waals surface area (Å²) < 4.78 is 65.1. The Hall–Kier alpha value is -2.56. The number of rotatable bonds is 8. The van der Waals surface area contributed by atoms with Crippen molar-refractivity contribution >= 4 is 28.1 Å². The van der Waals surface area contributed by atoms with E-state index in [1.165, 1.54) is 18.2 Å². The Labute approximate surface area is 236 Å². The van der Waals surface area contributed by atoms with E-state index in [2.05, 4.69) is 21.2 Å². The highest BCUT2D eigenvalue weighted by Gasteiger charge is 2.41. The smallest absolute Gasteiger partial charge is 0.419 e. The first-order chi connectivity index (χ1) is 18.1. The Morgan fingerprint density at radius 1 is 1.08 bits per heavy atom. The molecule has 6 nitrogen and oxygen atoms in total. The molecular formula is C29H35BrF3NO5. The Kier molecular flexibility index (Phi) is 9.78. The third-order valence-electron chi connectivity index (χ3n) is 5.79. The SMILES string of the molecule is CC(C)(C)OC(=O)NC1(C=Cc2ccc(OCCCc3ccc(Br)cc3)c(C(F)(F)F)c2)COC(C)(C)OC1. The van der Waals surface area contributed by atoms with Gasteiger partial charge in [0.1, 0.15) is 16.9 Å². The second kappa shape index (κ2) is 12.3. The van der Waals surface area contributed by atoms with Gasteiger partial charge in [-0.25, -0.2) is 4.79 Å². The van der Waals surface area contributed by atoms with Gasteiger partial charge in [0.25, 0.3) is 0 Å². The summed E-state index contributed by atoms with van der Waals surface area (Å²) in [4.78, 5) is 12.5. The van der Waals surface area contributed by atoms with Crippen LogP contribution in [0.1, 0.15) is 57.7 Å². The zero-order chi connectivity index (χ0) is 28.9. The predicted octanol–water partition coefficient (Wildman–Crippen LogP) is 7.54. The molecule has 214 valence electrons. The maximum Gasteiger partial charge on any atom is 0.419 e. The van der Waals surface area contributed by atoms with E-state index in [1.807, 2.05) is 24.3 Å². The summed E-state index contributed by atoms with van der Waals surface area (Å²) in [6, 6.07) is 11.6. The van der Waals surface area contributed by atoms with Crippen LogP contribution in [0.3, 0.4) is 0 Å². The molecule has 1 fully saturated rings. The average Bonchev–Trinajstić information content (AvgIpc) is 2.82. The number of amides is 1. The van der Waals surface area contributed by atoms with Gasteiger partial charge in [0.2, 0.25) is 0 Å². The molecule has 0 unspecified atom stereocenters. The van der Waals surface area contributed by atoms with Crippen molar-refractivity contribution in [3.8, 4) is 5.75 Å². The van der Waals surface area contributed by atoms with Gasteiger partial charge >= 0.3 is 12.3 Å². The molecule has 0 atom stereocenters.